The van der Waals surface area contributed by atoms with Crippen molar-refractivity contribution in [3.05, 3.63) is 81.3 Å². The average Bonchev–Trinajstić information content (AvgIpc) is 2.73. The summed E-state index contributed by atoms with van der Waals surface area (Å²) < 4.78 is 34.0. The van der Waals surface area contributed by atoms with E-state index in [4.69, 9.17) is 27.9 Å². The fourth-order valence-corrected chi connectivity index (χ4v) is 4.97. The third-order valence-electron chi connectivity index (χ3n) is 4.91. The van der Waals surface area contributed by atoms with Crippen molar-refractivity contribution in [3.63, 3.8) is 0 Å². The van der Waals surface area contributed by atoms with Gasteiger partial charge in [-0.25, -0.2) is 8.42 Å². The van der Waals surface area contributed by atoms with E-state index in [0.717, 1.165) is 16.7 Å². The highest BCUT2D eigenvalue weighted by atomic mass is 35.5. The van der Waals surface area contributed by atoms with E-state index in [1.54, 1.807) is 19.1 Å². The van der Waals surface area contributed by atoms with Gasteiger partial charge >= 0.3 is 0 Å². The molecule has 3 aromatic rings. The molecule has 2 N–H and O–H groups in total. The Balaban J connectivity index is 1.68. The first kappa shape index (κ1) is 24.9. The van der Waals surface area contributed by atoms with Crippen molar-refractivity contribution in [2.45, 2.75) is 38.7 Å². The predicted molar refractivity (Wildman–Crippen MR) is 133 cm³/mol. The van der Waals surface area contributed by atoms with Crippen LogP contribution in [0.3, 0.4) is 0 Å². The summed E-state index contributed by atoms with van der Waals surface area (Å²) in [6.07, 6.45) is -0.846. The SMILES string of the molecule is Cc1cc(C)c(NS(=O)(=O)c2ccc(NC(=O)[C@@H](C)Oc3ccc(Cl)cc3Cl)cc2)c(C)c1. The van der Waals surface area contributed by atoms with Gasteiger partial charge in [0.25, 0.3) is 15.9 Å². The van der Waals surface area contributed by atoms with Crippen molar-refractivity contribution in [2.24, 2.45) is 0 Å². The van der Waals surface area contributed by atoms with Gasteiger partial charge in [-0.3, -0.25) is 9.52 Å². The zero-order chi connectivity index (χ0) is 24.3. The normalized spacial score (nSPS) is 12.2. The van der Waals surface area contributed by atoms with E-state index in [0.29, 0.717) is 27.2 Å². The maximum Gasteiger partial charge on any atom is 0.265 e. The third-order valence-corrected chi connectivity index (χ3v) is 6.81. The Kier molecular flexibility index (Phi) is 7.57. The lowest BCUT2D eigenvalue weighted by Crippen LogP contribution is -2.30. The lowest BCUT2D eigenvalue weighted by molar-refractivity contribution is -0.122. The second-order valence-corrected chi connectivity index (χ2v) is 10.3. The van der Waals surface area contributed by atoms with Gasteiger partial charge in [0.2, 0.25) is 0 Å². The number of ether oxygens (including phenoxy) is 1. The van der Waals surface area contributed by atoms with Gasteiger partial charge < -0.3 is 10.1 Å². The Labute approximate surface area is 203 Å². The van der Waals surface area contributed by atoms with Crippen LogP contribution in [0.5, 0.6) is 5.75 Å². The molecule has 0 saturated carbocycles. The van der Waals surface area contributed by atoms with E-state index in [9.17, 15) is 13.2 Å². The number of carbonyl (C=O) groups excluding carboxylic acids is 1. The van der Waals surface area contributed by atoms with Gasteiger partial charge in [-0.05, 0) is 81.3 Å². The summed E-state index contributed by atoms with van der Waals surface area (Å²) in [6, 6.07) is 14.5. The van der Waals surface area contributed by atoms with Crippen LogP contribution in [-0.4, -0.2) is 20.4 Å². The second kappa shape index (κ2) is 10.0. The van der Waals surface area contributed by atoms with Crippen LogP contribution >= 0.6 is 23.2 Å². The lowest BCUT2D eigenvalue weighted by Gasteiger charge is -2.16. The van der Waals surface area contributed by atoms with Gasteiger partial charge in [-0.1, -0.05) is 40.9 Å². The molecule has 1 atom stereocenters. The van der Waals surface area contributed by atoms with E-state index in [2.05, 4.69) is 10.0 Å². The third kappa shape index (κ3) is 6.19. The van der Waals surface area contributed by atoms with Crippen molar-refractivity contribution < 1.29 is 17.9 Å². The van der Waals surface area contributed by atoms with Crippen LogP contribution in [0.15, 0.2) is 59.5 Å². The Hall–Kier alpha value is -2.74. The summed E-state index contributed by atoms with van der Waals surface area (Å²) in [4.78, 5) is 12.6. The quantitative estimate of drug-likeness (QED) is 0.403. The molecule has 0 radical (unpaired) electrons. The molecule has 9 heteroatoms. The predicted octanol–water partition coefficient (Wildman–Crippen LogP) is 6.13. The molecular weight excluding hydrogens is 483 g/mol. The van der Waals surface area contributed by atoms with Crippen LogP contribution in [-0.2, 0) is 14.8 Å². The van der Waals surface area contributed by atoms with Crippen LogP contribution in [0, 0.1) is 20.8 Å². The van der Waals surface area contributed by atoms with Crippen LogP contribution in [0.2, 0.25) is 10.0 Å². The first-order valence-electron chi connectivity index (χ1n) is 10.1. The number of nitrogens with one attached hydrogen (secondary N) is 2. The number of halogens is 2. The molecule has 0 aliphatic carbocycles. The molecule has 0 bridgehead atoms. The Morgan fingerprint density at radius 1 is 0.939 bits per heavy atom. The molecule has 0 unspecified atom stereocenters. The summed E-state index contributed by atoms with van der Waals surface area (Å²) in [5, 5.41) is 3.45. The highest BCUT2D eigenvalue weighted by molar-refractivity contribution is 7.92. The fraction of sp³-hybridized carbons (Fsp3) is 0.208. The molecule has 0 spiro atoms. The highest BCUT2D eigenvalue weighted by Gasteiger charge is 2.19. The van der Waals surface area contributed by atoms with Crippen molar-refractivity contribution in [1.82, 2.24) is 0 Å². The molecule has 0 saturated heterocycles. The smallest absolute Gasteiger partial charge is 0.265 e. The Bertz CT molecular complexity index is 1270. The zero-order valence-electron chi connectivity index (χ0n) is 18.6. The monoisotopic (exact) mass is 506 g/mol. The Morgan fingerprint density at radius 2 is 1.55 bits per heavy atom. The molecule has 1 amide bonds. The van der Waals surface area contributed by atoms with E-state index in [1.807, 2.05) is 32.9 Å². The van der Waals surface area contributed by atoms with E-state index >= 15 is 0 Å². The van der Waals surface area contributed by atoms with Crippen LogP contribution < -0.4 is 14.8 Å². The largest absolute Gasteiger partial charge is 0.479 e. The molecule has 0 aliphatic rings. The molecule has 3 rings (SSSR count). The summed E-state index contributed by atoms with van der Waals surface area (Å²) in [5.74, 6) is -0.0846. The van der Waals surface area contributed by atoms with E-state index in [1.165, 1.54) is 30.3 Å². The topological polar surface area (TPSA) is 84.5 Å². The number of aryl methyl sites for hydroxylation is 3. The first-order chi connectivity index (χ1) is 15.5. The van der Waals surface area contributed by atoms with Crippen LogP contribution in [0.25, 0.3) is 0 Å². The number of benzene rings is 3. The zero-order valence-corrected chi connectivity index (χ0v) is 20.9. The molecule has 0 fully saturated rings. The summed E-state index contributed by atoms with van der Waals surface area (Å²) in [5.41, 5.74) is 3.73. The van der Waals surface area contributed by atoms with Gasteiger partial charge in [0, 0.05) is 10.7 Å². The first-order valence-corrected chi connectivity index (χ1v) is 12.3. The van der Waals surface area contributed by atoms with Gasteiger partial charge in [-0.15, -0.1) is 0 Å². The van der Waals surface area contributed by atoms with Crippen LogP contribution in [0.4, 0.5) is 11.4 Å². The number of hydrogen-bond donors (Lipinski definition) is 2. The van der Waals surface area contributed by atoms with Crippen LogP contribution in [0.1, 0.15) is 23.6 Å². The van der Waals surface area contributed by atoms with E-state index in [-0.39, 0.29) is 4.90 Å². The summed E-state index contributed by atoms with van der Waals surface area (Å²) in [7, 11) is -3.79. The summed E-state index contributed by atoms with van der Waals surface area (Å²) in [6.45, 7) is 7.25. The fourth-order valence-electron chi connectivity index (χ4n) is 3.31. The average molecular weight is 507 g/mol. The highest BCUT2D eigenvalue weighted by Crippen LogP contribution is 2.29. The van der Waals surface area contributed by atoms with E-state index < -0.39 is 22.0 Å². The molecule has 0 aliphatic heterocycles. The number of hydrogen-bond acceptors (Lipinski definition) is 4. The van der Waals surface area contributed by atoms with Crippen molar-refractivity contribution >= 4 is 50.5 Å². The Morgan fingerprint density at radius 3 is 2.12 bits per heavy atom. The van der Waals surface area contributed by atoms with Crippen molar-refractivity contribution in [2.75, 3.05) is 10.0 Å². The number of amides is 1. The standard InChI is InChI=1S/C24H24Cl2N2O4S/c1-14-11-15(2)23(16(3)12-14)28-33(30,31)20-8-6-19(7-9-20)27-24(29)17(4)32-22-10-5-18(25)13-21(22)26/h5-13,17,28H,1-4H3,(H,27,29)/t17-/m1/s1. The number of carbonyl (C=O) groups is 1. The number of anilines is 2. The number of sulfonamides is 1. The molecule has 0 aromatic heterocycles. The maximum atomic E-state index is 12.9. The van der Waals surface area contributed by atoms with Gasteiger partial charge in [0.15, 0.2) is 6.10 Å². The van der Waals surface area contributed by atoms with Gasteiger partial charge in [0.05, 0.1) is 15.6 Å². The number of rotatable bonds is 7. The molecular formula is C24H24Cl2N2O4S. The maximum absolute atomic E-state index is 12.9. The van der Waals surface area contributed by atoms with Gasteiger partial charge in [-0.2, -0.15) is 0 Å². The van der Waals surface area contributed by atoms with Gasteiger partial charge in [0.1, 0.15) is 5.75 Å². The summed E-state index contributed by atoms with van der Waals surface area (Å²) >= 11 is 11.9. The molecule has 174 valence electrons. The second-order valence-electron chi connectivity index (χ2n) is 7.73. The molecule has 6 nitrogen and oxygen atoms in total. The molecule has 33 heavy (non-hydrogen) atoms. The molecule has 3 aromatic carbocycles. The lowest BCUT2D eigenvalue weighted by atomic mass is 10.1. The minimum absolute atomic E-state index is 0.0807. The van der Waals surface area contributed by atoms with Crippen molar-refractivity contribution in [3.8, 4) is 5.75 Å². The minimum atomic E-state index is -3.79. The van der Waals surface area contributed by atoms with Crippen molar-refractivity contribution in [1.29, 1.82) is 0 Å². The minimum Gasteiger partial charge on any atom is -0.479 e. The molecule has 0 heterocycles.